The Labute approximate surface area is 181 Å². The normalized spacial score (nSPS) is 16.3. The zero-order chi connectivity index (χ0) is 20.9. The molecule has 0 saturated heterocycles. The molecule has 0 aromatic rings. The summed E-state index contributed by atoms with van der Waals surface area (Å²) in [5.41, 5.74) is 0. The predicted molar refractivity (Wildman–Crippen MR) is 122 cm³/mol. The van der Waals surface area contributed by atoms with Gasteiger partial charge in [0.1, 0.15) is 0 Å². The van der Waals surface area contributed by atoms with Crippen molar-refractivity contribution in [1.82, 2.24) is 0 Å². The first-order valence-corrected chi connectivity index (χ1v) is 21.6. The van der Waals surface area contributed by atoms with Gasteiger partial charge in [0.2, 0.25) is 0 Å². The van der Waals surface area contributed by atoms with Crippen LogP contribution in [0.5, 0.6) is 0 Å². The Morgan fingerprint density at radius 1 is 0.520 bits per heavy atom. The van der Waals surface area contributed by atoms with Gasteiger partial charge in [0.05, 0.1) is 0 Å². The van der Waals surface area contributed by atoms with Crippen LogP contribution < -0.4 is 0 Å². The fourth-order valence-electron chi connectivity index (χ4n) is 2.43. The van der Waals surface area contributed by atoms with E-state index < -0.39 is 33.1 Å². The zero-order valence-corrected chi connectivity index (χ0v) is 25.7. The Hall–Kier alpha value is 2.31. The van der Waals surface area contributed by atoms with Crippen molar-refractivity contribution < 1.29 is 5.53 Å². The van der Waals surface area contributed by atoms with Crippen LogP contribution in [0.2, 0.25) is 16.9 Å². The van der Waals surface area contributed by atoms with Crippen molar-refractivity contribution in [3.05, 3.63) is 0 Å². The summed E-state index contributed by atoms with van der Waals surface area (Å²) in [5.74, 6) is 0. The number of hydrogen-bond acceptors (Lipinski definition) is 2. The summed E-state index contributed by atoms with van der Waals surface area (Å²) in [6.07, 6.45) is 0. The quantitative estimate of drug-likeness (QED) is 0.247. The van der Waals surface area contributed by atoms with Crippen LogP contribution in [-0.4, -0.2) is 33.1 Å². The zero-order valence-electron chi connectivity index (χ0n) is 17.8. The minimum atomic E-state index is -4.09. The molecule has 2 nitrogen and oxygen atoms in total. The van der Waals surface area contributed by atoms with Gasteiger partial charge < -0.3 is 0 Å². The molecule has 0 aliphatic rings. The number of rotatable bonds is 4. The first-order valence-electron chi connectivity index (χ1n) is 8.57. The third-order valence-corrected chi connectivity index (χ3v) is 42.4. The molecule has 0 spiro atoms. The van der Waals surface area contributed by atoms with Crippen molar-refractivity contribution in [2.75, 3.05) is 0 Å². The standard InChI is InChI=1S/2C4H9Cl2OSi.2C4H9.Sn/c2*1-4(2,3)8(5,6)7;2*1-4(2)3;/h2*1-3H3;2*1-3H3;/q2*-1;;;+2. The Bertz CT molecular complexity index is 428. The first-order chi connectivity index (χ1) is 10.4. The molecule has 25 heavy (non-hydrogen) atoms. The van der Waals surface area contributed by atoms with Crippen LogP contribution in [0, 0.1) is 0 Å². The molecule has 0 amide bonds. The molecule has 9 heteroatoms. The van der Waals surface area contributed by atoms with Gasteiger partial charge in [0, 0.05) is 0 Å². The Balaban J connectivity index is 6.52. The second-order valence-electron chi connectivity index (χ2n) is 10.9. The van der Waals surface area contributed by atoms with Crippen molar-refractivity contribution in [2.45, 2.75) is 100 Å². The van der Waals surface area contributed by atoms with E-state index in [1.54, 1.807) is 0 Å². The van der Waals surface area contributed by atoms with Crippen molar-refractivity contribution in [1.29, 1.82) is 0 Å². The van der Waals surface area contributed by atoms with Crippen LogP contribution in [0.15, 0.2) is 0 Å². The van der Waals surface area contributed by atoms with Gasteiger partial charge in [-0.2, -0.15) is 0 Å². The number of halogens is 4. The second kappa shape index (κ2) is 7.86. The third kappa shape index (κ3) is 6.14. The Morgan fingerprint density at radius 3 is 0.840 bits per heavy atom. The van der Waals surface area contributed by atoms with E-state index in [2.05, 4.69) is 41.5 Å². The van der Waals surface area contributed by atoms with E-state index in [4.69, 9.17) is 49.8 Å². The molecule has 152 valence electrons. The van der Waals surface area contributed by atoms with E-state index in [0.29, 0.717) is 0 Å². The van der Waals surface area contributed by atoms with Crippen LogP contribution in [0.4, 0.5) is 0 Å². The van der Waals surface area contributed by atoms with Crippen molar-refractivity contribution in [3.8, 4) is 0 Å². The number of hydrogen-bond donors (Lipinski definition) is 0. The van der Waals surface area contributed by atoms with E-state index in [1.165, 1.54) is 0 Å². The van der Waals surface area contributed by atoms with Gasteiger partial charge in [-0.3, -0.25) is 0 Å². The molecule has 0 fully saturated rings. The van der Waals surface area contributed by atoms with E-state index >= 15 is 0 Å². The van der Waals surface area contributed by atoms with Gasteiger partial charge in [0.25, 0.3) is 0 Å². The Morgan fingerprint density at radius 2 is 0.720 bits per heavy atom. The van der Waals surface area contributed by atoms with E-state index in [9.17, 15) is 0 Å². The summed E-state index contributed by atoms with van der Waals surface area (Å²) < 4.78 is 13.0. The summed E-state index contributed by atoms with van der Waals surface area (Å²) in [6, 6.07) is 0. The monoisotopic (exact) mass is 576 g/mol. The maximum atomic E-state index is 6.84. The molecular weight excluding hydrogens is 541 g/mol. The van der Waals surface area contributed by atoms with Crippen LogP contribution >= 0.6 is 44.3 Å². The van der Waals surface area contributed by atoms with Crippen LogP contribution in [0.25, 0.3) is 0 Å². The Kier molecular flexibility index (Phi) is 8.59. The molecule has 0 aliphatic carbocycles. The van der Waals surface area contributed by atoms with Gasteiger partial charge >= 0.3 is 183 Å². The molecule has 0 atom stereocenters. The third-order valence-electron chi connectivity index (χ3n) is 4.26. The molecule has 0 heterocycles. The second-order valence-corrected chi connectivity index (χ2v) is 39.5. The van der Waals surface area contributed by atoms with Crippen molar-refractivity contribution >= 4 is 77.4 Å². The topological polar surface area (TPSA) is 18.5 Å². The summed E-state index contributed by atoms with van der Waals surface area (Å²) in [7, 11) is 0. The average molecular weight is 577 g/mol. The molecular formula is C16H36Cl4O2Si2Sn. The van der Waals surface area contributed by atoms with Gasteiger partial charge in [-0.05, 0) is 0 Å². The molecule has 0 N–H and O–H groups in total. The van der Waals surface area contributed by atoms with Crippen molar-refractivity contribution in [3.63, 3.8) is 0 Å². The van der Waals surface area contributed by atoms with Crippen LogP contribution in [0.3, 0.4) is 0 Å². The van der Waals surface area contributed by atoms with Gasteiger partial charge in [-0.1, -0.05) is 0 Å². The molecule has 0 aromatic carbocycles. The van der Waals surface area contributed by atoms with Crippen LogP contribution in [0.1, 0.15) is 83.1 Å². The summed E-state index contributed by atoms with van der Waals surface area (Å²) in [4.78, 5) is 0. The molecule has 0 saturated carbocycles. The molecule has 0 unspecified atom stereocenters. The summed E-state index contributed by atoms with van der Waals surface area (Å²) in [6.45, 7) is 18.7. The fraction of sp³-hybridized carbons (Fsp3) is 1.00. The fourth-order valence-corrected chi connectivity index (χ4v) is 43.3. The molecule has 0 rings (SSSR count). The van der Waals surface area contributed by atoms with E-state index in [1.807, 2.05) is 41.5 Å². The van der Waals surface area contributed by atoms with Gasteiger partial charge in [-0.15, -0.1) is 0 Å². The summed E-state index contributed by atoms with van der Waals surface area (Å²) >= 11 is 23.3. The molecule has 0 bridgehead atoms. The molecule has 0 radical (unpaired) electrons. The average Bonchev–Trinajstić information content (AvgIpc) is 2.20. The summed E-state index contributed by atoms with van der Waals surface area (Å²) in [5, 5.41) is -0.717. The van der Waals surface area contributed by atoms with Gasteiger partial charge in [0.15, 0.2) is 0 Å². The van der Waals surface area contributed by atoms with Crippen molar-refractivity contribution in [2.24, 2.45) is 0 Å². The SMILES string of the molecule is CC(C)(C)[Si](Cl)(Cl)[O][Sn]([O][Si](Cl)(Cl)C(C)(C)C)([C](C)(C)C)[C](C)(C)C. The molecule has 0 aliphatic heterocycles. The van der Waals surface area contributed by atoms with Gasteiger partial charge in [-0.25, -0.2) is 0 Å². The van der Waals surface area contributed by atoms with E-state index in [0.717, 1.165) is 0 Å². The molecule has 0 aromatic heterocycles. The van der Waals surface area contributed by atoms with Crippen LogP contribution in [-0.2, 0) is 5.53 Å². The predicted octanol–water partition coefficient (Wildman–Crippen LogP) is 8.50. The van der Waals surface area contributed by atoms with E-state index in [-0.39, 0.29) is 16.9 Å². The maximum absolute atomic E-state index is 6.84. The first kappa shape index (κ1) is 27.3. The minimum absolute atomic E-state index is 0.256.